The van der Waals surface area contributed by atoms with E-state index in [4.69, 9.17) is 5.10 Å². The molecule has 29 heavy (non-hydrogen) atoms. The third-order valence-electron chi connectivity index (χ3n) is 5.80. The van der Waals surface area contributed by atoms with Crippen molar-refractivity contribution < 1.29 is 13.2 Å². The fraction of sp³-hybridized carbons (Fsp3) is 0.600. The summed E-state index contributed by atoms with van der Waals surface area (Å²) in [4.78, 5) is 15.0. The van der Waals surface area contributed by atoms with E-state index < -0.39 is 10.0 Å². The van der Waals surface area contributed by atoms with Gasteiger partial charge in [0.05, 0.1) is 30.6 Å². The number of piperidine rings is 1. The van der Waals surface area contributed by atoms with Crippen molar-refractivity contribution in [3.05, 3.63) is 35.8 Å². The van der Waals surface area contributed by atoms with E-state index in [0.717, 1.165) is 17.1 Å². The van der Waals surface area contributed by atoms with E-state index in [1.165, 1.54) is 10.6 Å². The smallest absolute Gasteiger partial charge is 0.226 e. The Kier molecular flexibility index (Phi) is 4.85. The summed E-state index contributed by atoms with van der Waals surface area (Å²) in [5, 5.41) is 4.85. The third kappa shape index (κ3) is 3.73. The predicted octanol–water partition coefficient (Wildman–Crippen LogP) is 1.94. The van der Waals surface area contributed by atoms with Crippen molar-refractivity contribution in [2.75, 3.05) is 19.3 Å². The Morgan fingerprint density at radius 3 is 2.28 bits per heavy atom. The maximum absolute atomic E-state index is 13.1. The van der Waals surface area contributed by atoms with Gasteiger partial charge in [-0.1, -0.05) is 0 Å². The lowest BCUT2D eigenvalue weighted by atomic mass is 9.96. The van der Waals surface area contributed by atoms with E-state index in [0.29, 0.717) is 39.0 Å². The molecule has 158 valence electrons. The number of aromatic nitrogens is 3. The third-order valence-corrected chi connectivity index (χ3v) is 7.10. The number of carbonyl (C=O) groups excluding carboxylic acids is 1. The number of fused-ring (bicyclic) bond motifs is 1. The van der Waals surface area contributed by atoms with E-state index in [2.05, 4.69) is 25.3 Å². The Hall–Kier alpha value is -2.13. The Bertz CT molecular complexity index is 1010. The first-order chi connectivity index (χ1) is 13.6. The molecule has 4 rings (SSSR count). The first-order valence-electron chi connectivity index (χ1n) is 10.0. The van der Waals surface area contributed by atoms with Crippen LogP contribution in [0.2, 0.25) is 0 Å². The summed E-state index contributed by atoms with van der Waals surface area (Å²) < 4.78 is 29.0. The SMILES string of the molecule is CC(C)(C)n1nc2c(c1-n1cccc1)CN(C(=O)C1CCN(S(C)(=O)=O)CC1)C2. The van der Waals surface area contributed by atoms with Crippen molar-refractivity contribution in [1.29, 1.82) is 0 Å². The first kappa shape index (κ1) is 20.2. The Balaban J connectivity index is 1.53. The van der Waals surface area contributed by atoms with Crippen molar-refractivity contribution in [3.63, 3.8) is 0 Å². The number of carbonyl (C=O) groups is 1. The van der Waals surface area contributed by atoms with Crippen LogP contribution in [0.25, 0.3) is 5.82 Å². The largest absolute Gasteiger partial charge is 0.332 e. The maximum atomic E-state index is 13.1. The van der Waals surface area contributed by atoms with E-state index in [1.54, 1.807) is 0 Å². The van der Waals surface area contributed by atoms with Crippen LogP contribution < -0.4 is 0 Å². The normalized spacial score (nSPS) is 19.0. The zero-order valence-corrected chi connectivity index (χ0v) is 18.3. The van der Waals surface area contributed by atoms with Crippen LogP contribution in [-0.4, -0.2) is 57.2 Å². The molecule has 0 bridgehead atoms. The fourth-order valence-corrected chi connectivity index (χ4v) is 5.13. The summed E-state index contributed by atoms with van der Waals surface area (Å²) in [7, 11) is -3.19. The second-order valence-electron chi connectivity index (χ2n) is 9.05. The molecule has 0 aliphatic carbocycles. The molecule has 0 N–H and O–H groups in total. The topological polar surface area (TPSA) is 80.4 Å². The average Bonchev–Trinajstić information content (AvgIpc) is 3.35. The highest BCUT2D eigenvalue weighted by Crippen LogP contribution is 2.33. The molecule has 0 radical (unpaired) electrons. The summed E-state index contributed by atoms with van der Waals surface area (Å²) >= 11 is 0. The summed E-state index contributed by atoms with van der Waals surface area (Å²) in [6, 6.07) is 3.97. The number of rotatable bonds is 3. The second kappa shape index (κ2) is 6.98. The molecule has 0 spiro atoms. The molecule has 2 aromatic rings. The van der Waals surface area contributed by atoms with Crippen LogP contribution in [0.15, 0.2) is 24.5 Å². The monoisotopic (exact) mass is 419 g/mol. The molecule has 0 atom stereocenters. The van der Waals surface area contributed by atoms with E-state index >= 15 is 0 Å². The molecule has 4 heterocycles. The van der Waals surface area contributed by atoms with Crippen LogP contribution in [0.5, 0.6) is 0 Å². The maximum Gasteiger partial charge on any atom is 0.226 e. The molecule has 2 aliphatic rings. The highest BCUT2D eigenvalue weighted by Gasteiger charge is 2.37. The molecule has 0 unspecified atom stereocenters. The molecule has 0 aromatic carbocycles. The van der Waals surface area contributed by atoms with Gasteiger partial charge in [-0.25, -0.2) is 17.4 Å². The lowest BCUT2D eigenvalue weighted by Gasteiger charge is -2.32. The lowest BCUT2D eigenvalue weighted by Crippen LogP contribution is -2.43. The van der Waals surface area contributed by atoms with Crippen molar-refractivity contribution >= 4 is 15.9 Å². The molecular weight excluding hydrogens is 390 g/mol. The van der Waals surface area contributed by atoms with Gasteiger partial charge in [0.1, 0.15) is 5.82 Å². The number of hydrogen-bond donors (Lipinski definition) is 0. The zero-order chi connectivity index (χ0) is 21.0. The van der Waals surface area contributed by atoms with Gasteiger partial charge in [0, 0.05) is 37.0 Å². The highest BCUT2D eigenvalue weighted by atomic mass is 32.2. The van der Waals surface area contributed by atoms with E-state index in [9.17, 15) is 13.2 Å². The zero-order valence-electron chi connectivity index (χ0n) is 17.5. The Labute approximate surface area is 172 Å². The summed E-state index contributed by atoms with van der Waals surface area (Å²) in [6.07, 6.45) is 6.39. The van der Waals surface area contributed by atoms with E-state index in [1.807, 2.05) is 34.1 Å². The summed E-state index contributed by atoms with van der Waals surface area (Å²) in [5.74, 6) is 0.999. The van der Waals surface area contributed by atoms with Crippen LogP contribution >= 0.6 is 0 Å². The van der Waals surface area contributed by atoms with Crippen LogP contribution in [0.1, 0.15) is 44.9 Å². The van der Waals surface area contributed by atoms with Gasteiger partial charge < -0.3 is 9.47 Å². The number of hydrogen-bond acceptors (Lipinski definition) is 4. The molecule has 2 aliphatic heterocycles. The fourth-order valence-electron chi connectivity index (χ4n) is 4.26. The molecule has 8 nitrogen and oxygen atoms in total. The standard InChI is InChI=1S/C20H29N5O3S/c1-20(2,3)25-18(22-9-5-6-10-22)16-13-23(14-17(16)21-25)19(26)15-7-11-24(12-8-15)29(4,27)28/h5-6,9-10,15H,7-8,11-14H2,1-4H3. The van der Waals surface area contributed by atoms with Gasteiger partial charge in [-0.15, -0.1) is 0 Å². The highest BCUT2D eigenvalue weighted by molar-refractivity contribution is 7.88. The second-order valence-corrected chi connectivity index (χ2v) is 11.0. The van der Waals surface area contributed by atoms with Crippen molar-refractivity contribution in [3.8, 4) is 5.82 Å². The van der Waals surface area contributed by atoms with Gasteiger partial charge in [0.25, 0.3) is 0 Å². The molecule has 9 heteroatoms. The quantitative estimate of drug-likeness (QED) is 0.762. The number of amides is 1. The van der Waals surface area contributed by atoms with Gasteiger partial charge in [-0.3, -0.25) is 4.79 Å². The van der Waals surface area contributed by atoms with Crippen molar-refractivity contribution in [2.45, 2.75) is 52.2 Å². The minimum absolute atomic E-state index is 0.108. The van der Waals surface area contributed by atoms with Crippen LogP contribution in [0.3, 0.4) is 0 Å². The van der Waals surface area contributed by atoms with Gasteiger partial charge in [-0.2, -0.15) is 5.10 Å². The van der Waals surface area contributed by atoms with Crippen LogP contribution in [0, 0.1) is 5.92 Å². The molecule has 1 amide bonds. The van der Waals surface area contributed by atoms with Crippen LogP contribution in [0.4, 0.5) is 0 Å². The molecule has 1 saturated heterocycles. The van der Waals surface area contributed by atoms with Crippen molar-refractivity contribution in [1.82, 2.24) is 23.6 Å². The van der Waals surface area contributed by atoms with Gasteiger partial charge in [0.15, 0.2) is 0 Å². The molecule has 0 saturated carbocycles. The first-order valence-corrected chi connectivity index (χ1v) is 11.9. The lowest BCUT2D eigenvalue weighted by molar-refractivity contribution is -0.137. The minimum Gasteiger partial charge on any atom is -0.332 e. The van der Waals surface area contributed by atoms with Crippen molar-refractivity contribution in [2.24, 2.45) is 5.92 Å². The molecular formula is C20H29N5O3S. The van der Waals surface area contributed by atoms with Gasteiger partial charge in [-0.05, 0) is 45.7 Å². The summed E-state index contributed by atoms with van der Waals surface area (Å²) in [5.41, 5.74) is 1.88. The molecule has 2 aromatic heterocycles. The Morgan fingerprint density at radius 1 is 1.10 bits per heavy atom. The predicted molar refractivity (Wildman–Crippen MR) is 110 cm³/mol. The van der Waals surface area contributed by atoms with E-state index in [-0.39, 0.29) is 17.4 Å². The Morgan fingerprint density at radius 2 is 1.72 bits per heavy atom. The number of nitrogens with zero attached hydrogens (tertiary/aromatic N) is 5. The average molecular weight is 420 g/mol. The van der Waals surface area contributed by atoms with Gasteiger partial charge >= 0.3 is 0 Å². The molecule has 1 fully saturated rings. The number of sulfonamides is 1. The van der Waals surface area contributed by atoms with Crippen LogP contribution in [-0.2, 0) is 33.4 Å². The summed E-state index contributed by atoms with van der Waals surface area (Å²) in [6.45, 7) is 8.27. The minimum atomic E-state index is -3.19. The van der Waals surface area contributed by atoms with Gasteiger partial charge in [0.2, 0.25) is 15.9 Å².